The Bertz CT molecular complexity index is 1580. The fourth-order valence-electron chi connectivity index (χ4n) is 4.97. The minimum Gasteiger partial charge on any atom is -0.465 e. The summed E-state index contributed by atoms with van der Waals surface area (Å²) in [5, 5.41) is 50.6. The summed E-state index contributed by atoms with van der Waals surface area (Å²) in [5.74, 6) is 0.793. The zero-order valence-electron chi connectivity index (χ0n) is 23.1. The van der Waals surface area contributed by atoms with E-state index >= 15 is 0 Å². The maximum Gasteiger partial charge on any atom is 0.416 e. The average molecular weight is 634 g/mol. The van der Waals surface area contributed by atoms with Crippen LogP contribution in [0.2, 0.25) is 0 Å². The normalized spacial score (nSPS) is 22.7. The molecule has 16 heteroatoms. The largest absolute Gasteiger partial charge is 0.465 e. The number of nitrogens with one attached hydrogen (secondary N) is 2. The Morgan fingerprint density at radius 3 is 2.36 bits per heavy atom. The number of hydrogen-bond donors (Lipinski definition) is 6. The molecule has 2 heterocycles. The van der Waals surface area contributed by atoms with Crippen LogP contribution in [0.5, 0.6) is 0 Å². The van der Waals surface area contributed by atoms with Gasteiger partial charge < -0.3 is 31.1 Å². The number of anilines is 1. The van der Waals surface area contributed by atoms with Crippen LogP contribution in [-0.4, -0.2) is 82.9 Å². The Balaban J connectivity index is 0.000000493. The first-order valence-electron chi connectivity index (χ1n) is 13.8. The highest BCUT2D eigenvalue weighted by Crippen LogP contribution is 2.44. The third-order valence-corrected chi connectivity index (χ3v) is 8.16. The topological polar surface area (TPSA) is 179 Å². The Labute approximate surface area is 253 Å². The van der Waals surface area contributed by atoms with Gasteiger partial charge >= 0.3 is 12.3 Å². The van der Waals surface area contributed by atoms with Gasteiger partial charge in [0.1, 0.15) is 6.10 Å². The van der Waals surface area contributed by atoms with Crippen molar-refractivity contribution in [1.82, 2.24) is 30.3 Å². The second kappa shape index (κ2) is 13.3. The van der Waals surface area contributed by atoms with E-state index in [9.17, 15) is 28.2 Å². The molecule has 0 spiro atoms. The lowest BCUT2D eigenvalue weighted by molar-refractivity contribution is -0.137. The van der Waals surface area contributed by atoms with Gasteiger partial charge in [0.15, 0.2) is 22.1 Å². The van der Waals surface area contributed by atoms with Gasteiger partial charge in [0.25, 0.3) is 0 Å². The number of nitrogens with zero attached hydrogens (tertiary/aromatic N) is 5. The number of hydrogen-bond acceptors (Lipinski definition) is 10. The van der Waals surface area contributed by atoms with E-state index in [1.807, 2.05) is 23.5 Å². The van der Waals surface area contributed by atoms with Gasteiger partial charge in [-0.25, -0.2) is 19.4 Å². The summed E-state index contributed by atoms with van der Waals surface area (Å²) >= 11 is 1.13. The molecule has 0 bridgehead atoms. The summed E-state index contributed by atoms with van der Waals surface area (Å²) in [6, 6.07) is 14.6. The lowest BCUT2D eigenvalue weighted by atomic mass is 10.1. The molecule has 6 rings (SSSR count). The van der Waals surface area contributed by atoms with Crippen LogP contribution in [0.4, 0.5) is 23.8 Å². The van der Waals surface area contributed by atoms with Crippen molar-refractivity contribution in [1.29, 1.82) is 0 Å². The van der Waals surface area contributed by atoms with E-state index in [4.69, 9.17) is 10.2 Å². The van der Waals surface area contributed by atoms with Gasteiger partial charge in [-0.05, 0) is 60.9 Å². The molecule has 1 amide bonds. The van der Waals surface area contributed by atoms with E-state index in [-0.39, 0.29) is 19.2 Å². The molecular weight excluding hydrogens is 603 g/mol. The number of aliphatic hydroxyl groups is 3. The number of benzene rings is 2. The number of aliphatic hydroxyl groups excluding tert-OH is 3. The number of alkyl halides is 3. The molecule has 2 aliphatic carbocycles. The van der Waals surface area contributed by atoms with Gasteiger partial charge in [0.2, 0.25) is 0 Å². The first-order valence-corrected chi connectivity index (χ1v) is 14.6. The monoisotopic (exact) mass is 633 g/mol. The lowest BCUT2D eigenvalue weighted by Gasteiger charge is -2.17. The zero-order valence-corrected chi connectivity index (χ0v) is 23.9. The first kappa shape index (κ1) is 31.4. The minimum absolute atomic E-state index is 0.106. The van der Waals surface area contributed by atoms with Gasteiger partial charge in [0, 0.05) is 23.4 Å². The summed E-state index contributed by atoms with van der Waals surface area (Å²) in [6.45, 7) is -0.0400. The summed E-state index contributed by atoms with van der Waals surface area (Å²) in [4.78, 5) is 19.3. The SMILES string of the molecule is O=C(O)NCCO.O[C@H]1[C@@H](O)CC[C@@H]1n1nnc2c(N[C@@H]3C[C@@H]3c3ccccc3)nc(Sc3ccc(C(F)(F)F)cc3)nc21. The van der Waals surface area contributed by atoms with Gasteiger partial charge in [-0.3, -0.25) is 0 Å². The van der Waals surface area contributed by atoms with Crippen LogP contribution in [0.25, 0.3) is 11.2 Å². The number of carboxylic acid groups (broad SMARTS) is 1. The van der Waals surface area contributed by atoms with Crippen LogP contribution in [-0.2, 0) is 6.18 Å². The van der Waals surface area contributed by atoms with Crippen molar-refractivity contribution in [2.24, 2.45) is 0 Å². The number of amides is 1. The summed E-state index contributed by atoms with van der Waals surface area (Å²) in [5.41, 5.74) is 1.31. The summed E-state index contributed by atoms with van der Waals surface area (Å²) < 4.78 is 40.4. The van der Waals surface area contributed by atoms with Crippen molar-refractivity contribution in [3.63, 3.8) is 0 Å². The molecule has 12 nitrogen and oxygen atoms in total. The second-order valence-electron chi connectivity index (χ2n) is 10.3. The highest BCUT2D eigenvalue weighted by atomic mass is 32.2. The Kier molecular flexibility index (Phi) is 9.53. The molecule has 2 fully saturated rings. The minimum atomic E-state index is -4.42. The van der Waals surface area contributed by atoms with Crippen molar-refractivity contribution in [3.05, 3.63) is 65.7 Å². The van der Waals surface area contributed by atoms with Gasteiger partial charge in [0.05, 0.1) is 24.3 Å². The molecule has 2 aromatic heterocycles. The Morgan fingerprint density at radius 1 is 1.05 bits per heavy atom. The fourth-order valence-corrected chi connectivity index (χ4v) is 5.72. The van der Waals surface area contributed by atoms with Crippen LogP contribution in [0.15, 0.2) is 64.6 Å². The molecule has 234 valence electrons. The highest BCUT2D eigenvalue weighted by Gasteiger charge is 2.40. The smallest absolute Gasteiger partial charge is 0.416 e. The van der Waals surface area contributed by atoms with E-state index in [0.29, 0.717) is 45.8 Å². The molecule has 2 aliphatic rings. The highest BCUT2D eigenvalue weighted by molar-refractivity contribution is 7.99. The predicted octanol–water partition coefficient (Wildman–Crippen LogP) is 3.66. The first-order chi connectivity index (χ1) is 21.0. The third-order valence-electron chi connectivity index (χ3n) is 7.28. The molecule has 2 saturated carbocycles. The van der Waals surface area contributed by atoms with E-state index < -0.39 is 36.1 Å². The van der Waals surface area contributed by atoms with Crippen molar-refractivity contribution < 1.29 is 38.4 Å². The molecule has 0 radical (unpaired) electrons. The third kappa shape index (κ3) is 7.38. The zero-order chi connectivity index (χ0) is 31.4. The maximum atomic E-state index is 13.0. The molecule has 44 heavy (non-hydrogen) atoms. The molecule has 5 atom stereocenters. The van der Waals surface area contributed by atoms with Gasteiger partial charge in [-0.15, -0.1) is 5.10 Å². The van der Waals surface area contributed by atoms with Crippen molar-refractivity contribution in [2.45, 2.75) is 65.7 Å². The molecule has 0 aliphatic heterocycles. The van der Waals surface area contributed by atoms with Crippen molar-refractivity contribution in [2.75, 3.05) is 18.5 Å². The number of rotatable bonds is 8. The molecule has 4 aromatic rings. The maximum absolute atomic E-state index is 13.0. The standard InChI is InChI=1S/C25H23F3N6O2S.C3H7NO3/c26-25(27,28)14-6-8-15(9-7-14)37-24-30-22(29-17-12-16(17)13-4-2-1-3-5-13)20-23(31-24)34(33-32-20)18-10-11-19(35)21(18)36;5-2-1-4-3(6)7/h1-9,16-19,21,35-36H,10-12H2,(H,29,30,31);4-5H,1-2H2,(H,6,7)/t16-,17-,18+,19+,21-;/m1./s1. The molecule has 6 N–H and O–H groups in total. The molecular formula is C28H30F3N7O5S. The number of fused-ring (bicyclic) bond motifs is 1. The van der Waals surface area contributed by atoms with E-state index in [2.05, 4.69) is 37.7 Å². The molecule has 0 unspecified atom stereocenters. The number of aromatic nitrogens is 5. The van der Waals surface area contributed by atoms with Crippen molar-refractivity contribution in [3.8, 4) is 0 Å². The van der Waals surface area contributed by atoms with E-state index in [1.165, 1.54) is 22.4 Å². The number of carbonyl (C=O) groups is 1. The van der Waals surface area contributed by atoms with Crippen LogP contribution in [0.3, 0.4) is 0 Å². The Morgan fingerprint density at radius 2 is 1.77 bits per heavy atom. The van der Waals surface area contributed by atoms with E-state index in [1.54, 1.807) is 0 Å². The lowest BCUT2D eigenvalue weighted by Crippen LogP contribution is -2.28. The predicted molar refractivity (Wildman–Crippen MR) is 153 cm³/mol. The van der Waals surface area contributed by atoms with Crippen LogP contribution in [0.1, 0.15) is 42.3 Å². The van der Waals surface area contributed by atoms with Crippen LogP contribution < -0.4 is 10.6 Å². The second-order valence-corrected chi connectivity index (χ2v) is 11.4. The van der Waals surface area contributed by atoms with Crippen LogP contribution >= 0.6 is 11.8 Å². The van der Waals surface area contributed by atoms with Crippen molar-refractivity contribution >= 4 is 34.8 Å². The molecule has 0 saturated heterocycles. The van der Waals surface area contributed by atoms with E-state index in [0.717, 1.165) is 30.3 Å². The van der Waals surface area contributed by atoms with Gasteiger partial charge in [-0.1, -0.05) is 35.5 Å². The fraction of sp³-hybridized carbons (Fsp3) is 0.393. The summed E-state index contributed by atoms with van der Waals surface area (Å²) in [7, 11) is 0. The number of halogens is 3. The van der Waals surface area contributed by atoms with Crippen LogP contribution in [0, 0.1) is 0 Å². The Hall–Kier alpha value is -3.99. The average Bonchev–Trinajstić information content (AvgIpc) is 3.52. The quantitative estimate of drug-likeness (QED) is 0.156. The molecule has 2 aromatic carbocycles. The summed E-state index contributed by atoms with van der Waals surface area (Å²) in [6.07, 6.45) is -5.53. The van der Waals surface area contributed by atoms with Gasteiger partial charge in [-0.2, -0.15) is 13.2 Å².